The number of aromatic nitrogens is 1. The number of urea groups is 1. The number of nitrogens with one attached hydrogen (secondary N) is 1. The lowest BCUT2D eigenvalue weighted by Crippen LogP contribution is -2.42. The molecule has 138 valence electrons. The van der Waals surface area contributed by atoms with Gasteiger partial charge in [-0.05, 0) is 47.9 Å². The highest BCUT2D eigenvalue weighted by atomic mass is 35.5. The van der Waals surface area contributed by atoms with Gasteiger partial charge in [0.1, 0.15) is 0 Å². The Morgan fingerprint density at radius 1 is 1.15 bits per heavy atom. The second-order valence-electron chi connectivity index (χ2n) is 6.75. The lowest BCUT2D eigenvalue weighted by Gasteiger charge is -2.31. The Hall–Kier alpha value is -2.72. The zero-order valence-electron chi connectivity index (χ0n) is 15.2. The molecule has 0 spiro atoms. The molecule has 1 N–H and O–H groups in total. The van der Waals surface area contributed by atoms with Gasteiger partial charge in [0.05, 0.1) is 18.3 Å². The third-order valence-electron chi connectivity index (χ3n) is 4.92. The summed E-state index contributed by atoms with van der Waals surface area (Å²) in [6.45, 7) is 3.24. The van der Waals surface area contributed by atoms with E-state index in [1.165, 1.54) is 0 Å². The summed E-state index contributed by atoms with van der Waals surface area (Å²) in [7, 11) is 0. The van der Waals surface area contributed by atoms with Gasteiger partial charge < -0.3 is 14.8 Å². The van der Waals surface area contributed by atoms with Crippen molar-refractivity contribution in [3.63, 3.8) is 0 Å². The number of benzene rings is 2. The van der Waals surface area contributed by atoms with Crippen LogP contribution in [0, 0.1) is 0 Å². The molecule has 1 aliphatic heterocycles. The van der Waals surface area contributed by atoms with Gasteiger partial charge in [-0.25, -0.2) is 4.79 Å². The van der Waals surface area contributed by atoms with Crippen molar-refractivity contribution in [2.75, 3.05) is 6.54 Å². The van der Waals surface area contributed by atoms with Crippen LogP contribution in [-0.4, -0.2) is 22.0 Å². The van der Waals surface area contributed by atoms with Crippen molar-refractivity contribution in [3.05, 3.63) is 88.7 Å². The second kappa shape index (κ2) is 7.49. The first kappa shape index (κ1) is 17.7. The molecule has 2 amide bonds. The van der Waals surface area contributed by atoms with Gasteiger partial charge in [0.15, 0.2) is 0 Å². The second-order valence-corrected chi connectivity index (χ2v) is 7.19. The molecule has 3 aromatic rings. The van der Waals surface area contributed by atoms with Crippen LogP contribution in [0.4, 0.5) is 4.79 Å². The molecule has 1 aliphatic rings. The zero-order chi connectivity index (χ0) is 18.8. The van der Waals surface area contributed by atoms with Crippen molar-refractivity contribution in [3.8, 4) is 5.69 Å². The Morgan fingerprint density at radius 3 is 2.81 bits per heavy atom. The highest BCUT2D eigenvalue weighted by molar-refractivity contribution is 6.30. The van der Waals surface area contributed by atoms with Crippen LogP contribution in [0.15, 0.2) is 66.9 Å². The monoisotopic (exact) mass is 379 g/mol. The van der Waals surface area contributed by atoms with Crippen molar-refractivity contribution in [2.24, 2.45) is 0 Å². The Bertz CT molecular complexity index is 965. The third kappa shape index (κ3) is 3.33. The number of carbonyl (C=O) groups is 1. The van der Waals surface area contributed by atoms with Gasteiger partial charge in [0, 0.05) is 23.5 Å². The van der Waals surface area contributed by atoms with E-state index < -0.39 is 0 Å². The van der Waals surface area contributed by atoms with Gasteiger partial charge >= 0.3 is 6.03 Å². The van der Waals surface area contributed by atoms with Crippen LogP contribution in [-0.2, 0) is 6.54 Å². The predicted octanol–water partition coefficient (Wildman–Crippen LogP) is 5.16. The summed E-state index contributed by atoms with van der Waals surface area (Å²) in [6.07, 6.45) is 2.95. The predicted molar refractivity (Wildman–Crippen MR) is 108 cm³/mol. The fourth-order valence-corrected chi connectivity index (χ4v) is 3.90. The summed E-state index contributed by atoms with van der Waals surface area (Å²) >= 11 is 6.28. The molecule has 27 heavy (non-hydrogen) atoms. The van der Waals surface area contributed by atoms with Crippen LogP contribution in [0.25, 0.3) is 5.69 Å². The molecule has 1 aromatic heterocycles. The van der Waals surface area contributed by atoms with E-state index >= 15 is 0 Å². The molecule has 0 saturated carbocycles. The lowest BCUT2D eigenvalue weighted by atomic mass is 10.0. The van der Waals surface area contributed by atoms with E-state index in [0.29, 0.717) is 18.1 Å². The minimum atomic E-state index is -0.219. The number of hydrogen-bond acceptors (Lipinski definition) is 1. The van der Waals surface area contributed by atoms with Crippen molar-refractivity contribution in [1.82, 2.24) is 14.8 Å². The summed E-state index contributed by atoms with van der Waals surface area (Å²) in [4.78, 5) is 15.0. The van der Waals surface area contributed by atoms with Gasteiger partial charge in [-0.2, -0.15) is 0 Å². The number of amides is 2. The number of rotatable bonds is 3. The normalized spacial score (nSPS) is 15.6. The summed E-state index contributed by atoms with van der Waals surface area (Å²) in [5.74, 6) is 0. The summed E-state index contributed by atoms with van der Waals surface area (Å²) in [5, 5.41) is 3.71. The Kier molecular flexibility index (Phi) is 4.90. The van der Waals surface area contributed by atoms with Crippen molar-refractivity contribution in [1.29, 1.82) is 0 Å². The number of carbonyl (C=O) groups excluding carboxylic acids is 1. The van der Waals surface area contributed by atoms with E-state index in [1.807, 2.05) is 47.4 Å². The summed E-state index contributed by atoms with van der Waals surface area (Å²) in [6, 6.07) is 19.8. The number of halogens is 1. The van der Waals surface area contributed by atoms with Crippen LogP contribution in [0.5, 0.6) is 0 Å². The van der Waals surface area contributed by atoms with Gasteiger partial charge in [0.2, 0.25) is 0 Å². The van der Waals surface area contributed by atoms with Crippen LogP contribution in [0.1, 0.15) is 36.2 Å². The fourth-order valence-electron chi connectivity index (χ4n) is 3.70. The van der Waals surface area contributed by atoms with Crippen LogP contribution in [0.3, 0.4) is 0 Å². The first-order chi connectivity index (χ1) is 13.2. The molecule has 4 rings (SSSR count). The summed E-state index contributed by atoms with van der Waals surface area (Å²) < 4.78 is 2.17. The molecule has 2 heterocycles. The molecule has 0 fully saturated rings. The average molecular weight is 380 g/mol. The highest BCUT2D eigenvalue weighted by Gasteiger charge is 2.32. The minimum absolute atomic E-state index is 0.0636. The van der Waals surface area contributed by atoms with Gasteiger partial charge in [-0.3, -0.25) is 0 Å². The molecule has 0 radical (unpaired) electrons. The quantitative estimate of drug-likeness (QED) is 0.670. The maximum absolute atomic E-state index is 13.1. The molecular weight excluding hydrogens is 358 g/mol. The molecular formula is C22H22ClN3O. The minimum Gasteiger partial charge on any atom is -0.338 e. The van der Waals surface area contributed by atoms with Gasteiger partial charge in [-0.1, -0.05) is 48.9 Å². The standard InChI is InChI=1S/C22H22ClN3O/c1-2-12-24-22(27)26-15-17-7-3-4-10-19(17)25-13-6-11-20(25)21(26)16-8-5-9-18(23)14-16/h3-11,13-14,21H,2,12,15H2,1H3,(H,24,27)/t21-/m0/s1. The largest absolute Gasteiger partial charge is 0.338 e. The van der Waals surface area contributed by atoms with E-state index in [4.69, 9.17) is 11.6 Å². The van der Waals surface area contributed by atoms with Gasteiger partial charge in [-0.15, -0.1) is 0 Å². The SMILES string of the molecule is CCCNC(=O)N1Cc2ccccc2-n2cccc2[C@@H]1c1cccc(Cl)c1. The Labute approximate surface area is 164 Å². The third-order valence-corrected chi connectivity index (χ3v) is 5.15. The van der Waals surface area contributed by atoms with E-state index in [-0.39, 0.29) is 12.1 Å². The molecule has 4 nitrogen and oxygen atoms in total. The molecule has 1 atom stereocenters. The lowest BCUT2D eigenvalue weighted by molar-refractivity contribution is 0.180. The first-order valence-corrected chi connectivity index (χ1v) is 9.62. The topological polar surface area (TPSA) is 37.3 Å². The number of fused-ring (bicyclic) bond motifs is 3. The molecule has 0 unspecified atom stereocenters. The number of nitrogens with zero attached hydrogens (tertiary/aromatic N) is 2. The van der Waals surface area contributed by atoms with Crippen LogP contribution in [0.2, 0.25) is 5.02 Å². The Morgan fingerprint density at radius 2 is 2.00 bits per heavy atom. The van der Waals surface area contributed by atoms with E-state index in [1.54, 1.807) is 0 Å². The first-order valence-electron chi connectivity index (χ1n) is 9.24. The average Bonchev–Trinajstić information content (AvgIpc) is 3.10. The van der Waals surface area contributed by atoms with E-state index in [9.17, 15) is 4.79 Å². The Balaban J connectivity index is 1.88. The maximum atomic E-state index is 13.1. The van der Waals surface area contributed by atoms with E-state index in [2.05, 4.69) is 41.2 Å². The molecule has 0 saturated heterocycles. The fraction of sp³-hybridized carbons (Fsp3) is 0.227. The van der Waals surface area contributed by atoms with Gasteiger partial charge in [0.25, 0.3) is 0 Å². The van der Waals surface area contributed by atoms with Crippen molar-refractivity contribution >= 4 is 17.6 Å². The molecule has 0 aliphatic carbocycles. The zero-order valence-corrected chi connectivity index (χ0v) is 16.0. The van der Waals surface area contributed by atoms with Crippen LogP contribution < -0.4 is 5.32 Å². The molecule has 2 aromatic carbocycles. The van der Waals surface area contributed by atoms with Crippen LogP contribution >= 0.6 is 11.6 Å². The highest BCUT2D eigenvalue weighted by Crippen LogP contribution is 2.37. The molecule has 5 heteroatoms. The summed E-state index contributed by atoms with van der Waals surface area (Å²) in [5.41, 5.74) is 4.28. The van der Waals surface area contributed by atoms with Crippen molar-refractivity contribution < 1.29 is 4.79 Å². The number of hydrogen-bond donors (Lipinski definition) is 1. The maximum Gasteiger partial charge on any atom is 0.318 e. The molecule has 0 bridgehead atoms. The smallest absolute Gasteiger partial charge is 0.318 e. The number of para-hydroxylation sites is 1. The van der Waals surface area contributed by atoms with E-state index in [0.717, 1.165) is 28.9 Å². The van der Waals surface area contributed by atoms with Crippen molar-refractivity contribution in [2.45, 2.75) is 25.9 Å².